The Morgan fingerprint density at radius 1 is 1.24 bits per heavy atom. The molecular weight excluding hydrogens is 270 g/mol. The van der Waals surface area contributed by atoms with Gasteiger partial charge in [-0.05, 0) is 19.2 Å². The van der Waals surface area contributed by atoms with Crippen molar-refractivity contribution >= 4 is 0 Å². The third kappa shape index (κ3) is 3.22. The largest absolute Gasteiger partial charge is 0.494 e. The van der Waals surface area contributed by atoms with Gasteiger partial charge in [-0.1, -0.05) is 37.3 Å². The first-order chi connectivity index (χ1) is 10.0. The van der Waals surface area contributed by atoms with Crippen LogP contribution in [0.3, 0.4) is 0 Å². The van der Waals surface area contributed by atoms with E-state index in [0.717, 1.165) is 6.54 Å². The number of hydrogen-bond donors (Lipinski definition) is 2. The lowest BCUT2D eigenvalue weighted by atomic mass is 10.1. The zero-order chi connectivity index (χ0) is 15.4. The standard InChI is InChI=1S/C15H19N3O3/c1-3-17(2)9-10-18-14(20)12(13(19)16-15(18)21)11-7-5-4-6-8-11/h4-8,20H,3,9-10H2,1-2H3,(H,16,19,21). The molecule has 1 aromatic carbocycles. The van der Waals surface area contributed by atoms with Crippen molar-refractivity contribution in [1.29, 1.82) is 0 Å². The second kappa shape index (κ2) is 6.41. The summed E-state index contributed by atoms with van der Waals surface area (Å²) in [6, 6.07) is 8.80. The fraction of sp³-hybridized carbons (Fsp3) is 0.333. The molecule has 1 heterocycles. The zero-order valence-electron chi connectivity index (χ0n) is 12.2. The molecule has 2 aromatic rings. The van der Waals surface area contributed by atoms with E-state index < -0.39 is 11.2 Å². The van der Waals surface area contributed by atoms with E-state index in [9.17, 15) is 14.7 Å². The summed E-state index contributed by atoms with van der Waals surface area (Å²) in [7, 11) is 1.92. The molecule has 0 saturated heterocycles. The van der Waals surface area contributed by atoms with E-state index in [1.54, 1.807) is 24.3 Å². The van der Waals surface area contributed by atoms with E-state index in [-0.39, 0.29) is 11.4 Å². The van der Waals surface area contributed by atoms with Gasteiger partial charge in [-0.15, -0.1) is 0 Å². The van der Waals surface area contributed by atoms with Crippen molar-refractivity contribution in [2.45, 2.75) is 13.5 Å². The first kappa shape index (κ1) is 15.1. The van der Waals surface area contributed by atoms with Gasteiger partial charge in [-0.2, -0.15) is 0 Å². The summed E-state index contributed by atoms with van der Waals surface area (Å²) in [6.45, 7) is 3.76. The van der Waals surface area contributed by atoms with E-state index in [1.165, 1.54) is 4.57 Å². The number of nitrogens with one attached hydrogen (secondary N) is 1. The van der Waals surface area contributed by atoms with Crippen molar-refractivity contribution in [3.8, 4) is 17.0 Å². The Balaban J connectivity index is 2.48. The van der Waals surface area contributed by atoms with Crippen molar-refractivity contribution in [1.82, 2.24) is 14.5 Å². The predicted molar refractivity (Wildman–Crippen MR) is 81.6 cm³/mol. The van der Waals surface area contributed by atoms with Crippen molar-refractivity contribution in [3.05, 3.63) is 51.2 Å². The fourth-order valence-electron chi connectivity index (χ4n) is 2.06. The van der Waals surface area contributed by atoms with Gasteiger partial charge in [0.2, 0.25) is 5.88 Å². The number of benzene rings is 1. The minimum Gasteiger partial charge on any atom is -0.494 e. The quantitative estimate of drug-likeness (QED) is 0.856. The summed E-state index contributed by atoms with van der Waals surface area (Å²) in [4.78, 5) is 28.1. The van der Waals surface area contributed by atoms with Crippen LogP contribution in [-0.4, -0.2) is 39.7 Å². The van der Waals surface area contributed by atoms with E-state index >= 15 is 0 Å². The fourth-order valence-corrected chi connectivity index (χ4v) is 2.06. The van der Waals surface area contributed by atoms with Gasteiger partial charge in [0.15, 0.2) is 0 Å². The molecule has 6 heteroatoms. The predicted octanol–water partition coefficient (Wildman–Crippen LogP) is 0.861. The van der Waals surface area contributed by atoms with Crippen LogP contribution in [0.5, 0.6) is 5.88 Å². The van der Waals surface area contributed by atoms with Gasteiger partial charge in [0.05, 0.1) is 0 Å². The van der Waals surface area contributed by atoms with E-state index in [1.807, 2.05) is 24.9 Å². The smallest absolute Gasteiger partial charge is 0.331 e. The molecule has 0 radical (unpaired) electrons. The van der Waals surface area contributed by atoms with Gasteiger partial charge < -0.3 is 10.0 Å². The molecule has 21 heavy (non-hydrogen) atoms. The average Bonchev–Trinajstić information content (AvgIpc) is 2.47. The Kier molecular flexibility index (Phi) is 4.59. The third-order valence-corrected chi connectivity index (χ3v) is 3.48. The van der Waals surface area contributed by atoms with Crippen molar-refractivity contribution < 1.29 is 5.11 Å². The maximum absolute atomic E-state index is 12.0. The maximum atomic E-state index is 12.0. The Hall–Kier alpha value is -2.34. The number of aromatic amines is 1. The third-order valence-electron chi connectivity index (χ3n) is 3.48. The van der Waals surface area contributed by atoms with Crippen LogP contribution < -0.4 is 11.2 Å². The lowest BCUT2D eigenvalue weighted by molar-refractivity contribution is 0.315. The van der Waals surface area contributed by atoms with E-state index in [0.29, 0.717) is 18.7 Å². The molecule has 0 atom stereocenters. The lowest BCUT2D eigenvalue weighted by Crippen LogP contribution is -2.34. The summed E-state index contributed by atoms with van der Waals surface area (Å²) >= 11 is 0. The number of hydrogen-bond acceptors (Lipinski definition) is 4. The highest BCUT2D eigenvalue weighted by atomic mass is 16.3. The Morgan fingerprint density at radius 2 is 1.90 bits per heavy atom. The van der Waals surface area contributed by atoms with Crippen LogP contribution in [0, 0.1) is 0 Å². The summed E-state index contributed by atoms with van der Waals surface area (Å²) in [5.41, 5.74) is -0.478. The second-order valence-corrected chi connectivity index (χ2v) is 4.87. The van der Waals surface area contributed by atoms with Crippen molar-refractivity contribution in [3.63, 3.8) is 0 Å². The van der Waals surface area contributed by atoms with Gasteiger partial charge in [-0.3, -0.25) is 14.3 Å². The van der Waals surface area contributed by atoms with Crippen LogP contribution in [0.4, 0.5) is 0 Å². The zero-order valence-corrected chi connectivity index (χ0v) is 12.2. The number of rotatable bonds is 5. The van der Waals surface area contributed by atoms with Crippen molar-refractivity contribution in [2.24, 2.45) is 0 Å². The monoisotopic (exact) mass is 289 g/mol. The van der Waals surface area contributed by atoms with Crippen LogP contribution in [0.15, 0.2) is 39.9 Å². The number of aromatic hydroxyl groups is 1. The van der Waals surface area contributed by atoms with Crippen LogP contribution in [-0.2, 0) is 6.54 Å². The first-order valence-corrected chi connectivity index (χ1v) is 6.84. The molecule has 0 bridgehead atoms. The summed E-state index contributed by atoms with van der Waals surface area (Å²) in [5.74, 6) is -0.292. The minimum absolute atomic E-state index is 0.120. The average molecular weight is 289 g/mol. The minimum atomic E-state index is -0.596. The van der Waals surface area contributed by atoms with Gasteiger partial charge in [0.25, 0.3) is 5.56 Å². The molecule has 0 spiro atoms. The summed E-state index contributed by atoms with van der Waals surface area (Å²) in [6.07, 6.45) is 0. The maximum Gasteiger partial charge on any atom is 0.331 e. The van der Waals surface area contributed by atoms with Gasteiger partial charge in [-0.25, -0.2) is 4.79 Å². The molecule has 0 amide bonds. The molecule has 2 rings (SSSR count). The number of nitrogens with zero attached hydrogens (tertiary/aromatic N) is 2. The first-order valence-electron chi connectivity index (χ1n) is 6.84. The number of H-pyrrole nitrogens is 1. The van der Waals surface area contributed by atoms with Gasteiger partial charge >= 0.3 is 5.69 Å². The Bertz CT molecular complexity index is 719. The molecule has 6 nitrogen and oxygen atoms in total. The number of aromatic nitrogens is 2. The molecule has 2 N–H and O–H groups in total. The summed E-state index contributed by atoms with van der Waals surface area (Å²) in [5, 5.41) is 10.3. The summed E-state index contributed by atoms with van der Waals surface area (Å²) < 4.78 is 1.19. The molecule has 0 aliphatic rings. The highest BCUT2D eigenvalue weighted by Gasteiger charge is 2.15. The highest BCUT2D eigenvalue weighted by Crippen LogP contribution is 2.23. The molecule has 0 unspecified atom stereocenters. The van der Waals surface area contributed by atoms with E-state index in [2.05, 4.69) is 4.98 Å². The molecule has 0 aliphatic heterocycles. The molecule has 0 fully saturated rings. The van der Waals surface area contributed by atoms with Gasteiger partial charge in [0.1, 0.15) is 5.56 Å². The second-order valence-electron chi connectivity index (χ2n) is 4.87. The molecule has 1 aromatic heterocycles. The Morgan fingerprint density at radius 3 is 2.52 bits per heavy atom. The van der Waals surface area contributed by atoms with Crippen LogP contribution in [0.25, 0.3) is 11.1 Å². The topological polar surface area (TPSA) is 78.3 Å². The van der Waals surface area contributed by atoms with Crippen LogP contribution >= 0.6 is 0 Å². The SMILES string of the molecule is CCN(C)CCn1c(O)c(-c2ccccc2)c(=O)[nH]c1=O. The highest BCUT2D eigenvalue weighted by molar-refractivity contribution is 5.67. The molecular formula is C15H19N3O3. The molecule has 112 valence electrons. The van der Waals surface area contributed by atoms with Crippen LogP contribution in [0.2, 0.25) is 0 Å². The molecule has 0 aliphatic carbocycles. The van der Waals surface area contributed by atoms with E-state index in [4.69, 9.17) is 0 Å². The van der Waals surface area contributed by atoms with Crippen molar-refractivity contribution in [2.75, 3.05) is 20.1 Å². The molecule has 0 saturated carbocycles. The normalized spacial score (nSPS) is 11.0. The number of likely N-dealkylation sites (N-methyl/N-ethyl adjacent to an activating group) is 1. The lowest BCUT2D eigenvalue weighted by Gasteiger charge is -2.16. The Labute approximate surface area is 122 Å². The van der Waals surface area contributed by atoms with Crippen LogP contribution in [0.1, 0.15) is 6.92 Å². The van der Waals surface area contributed by atoms with Gasteiger partial charge in [0, 0.05) is 13.1 Å².